The van der Waals surface area contributed by atoms with Crippen LogP contribution in [0.4, 0.5) is 5.69 Å². The second-order valence-electron chi connectivity index (χ2n) is 6.52. The molecule has 28 heavy (non-hydrogen) atoms. The molecule has 0 saturated heterocycles. The van der Waals surface area contributed by atoms with Crippen LogP contribution in [0.2, 0.25) is 5.02 Å². The van der Waals surface area contributed by atoms with Crippen LogP contribution in [0.1, 0.15) is 29.9 Å². The summed E-state index contributed by atoms with van der Waals surface area (Å²) in [6.07, 6.45) is -0.251. The summed E-state index contributed by atoms with van der Waals surface area (Å²) >= 11 is 6.28. The third kappa shape index (κ3) is 4.01. The lowest BCUT2D eigenvalue weighted by Gasteiger charge is -2.18. The zero-order chi connectivity index (χ0) is 20.3. The normalized spacial score (nSPS) is 13.0. The Bertz CT molecular complexity index is 1020. The maximum Gasteiger partial charge on any atom is 0.247 e. The number of benzene rings is 2. The molecule has 0 saturated carbocycles. The summed E-state index contributed by atoms with van der Waals surface area (Å²) in [4.78, 5) is 3.41. The summed E-state index contributed by atoms with van der Waals surface area (Å²) in [6, 6.07) is 10.9. The number of nitrogens with zero attached hydrogens (tertiary/aromatic N) is 3. The minimum absolute atomic E-state index is 0.345. The van der Waals surface area contributed by atoms with Crippen LogP contribution < -0.4 is 4.74 Å². The molecule has 0 aliphatic heterocycles. The highest BCUT2D eigenvalue weighted by Crippen LogP contribution is 2.34. The van der Waals surface area contributed by atoms with E-state index in [1.165, 1.54) is 0 Å². The summed E-state index contributed by atoms with van der Waals surface area (Å²) in [5.74, 6) is 0.991. The van der Waals surface area contributed by atoms with Gasteiger partial charge in [0.2, 0.25) is 17.5 Å². The summed E-state index contributed by atoms with van der Waals surface area (Å²) in [5, 5.41) is 19.0. The lowest BCUT2D eigenvalue weighted by Crippen LogP contribution is -2.18. The molecule has 2 aromatic carbocycles. The highest BCUT2D eigenvalue weighted by atomic mass is 35.5. The second-order valence-corrected chi connectivity index (χ2v) is 6.90. The van der Waals surface area contributed by atoms with Crippen molar-refractivity contribution in [2.24, 2.45) is 0 Å². The van der Waals surface area contributed by atoms with Crippen LogP contribution in [-0.2, 0) is 6.42 Å². The minimum atomic E-state index is -0.711. The number of halogens is 1. The molecule has 0 radical (unpaired) electrons. The zero-order valence-corrected chi connectivity index (χ0v) is 16.6. The quantitative estimate of drug-likeness (QED) is 0.595. The van der Waals surface area contributed by atoms with E-state index < -0.39 is 12.0 Å². The Hall–Kier alpha value is -2.88. The number of rotatable bonds is 6. The number of hydrogen-bond acceptors (Lipinski definition) is 5. The van der Waals surface area contributed by atoms with Gasteiger partial charge in [-0.05, 0) is 49.6 Å². The molecule has 1 heterocycles. The number of aliphatic hydroxyl groups excluding tert-OH is 1. The Labute approximate surface area is 168 Å². The van der Waals surface area contributed by atoms with E-state index in [9.17, 15) is 5.11 Å². The zero-order valence-electron chi connectivity index (χ0n) is 15.8. The molecule has 0 unspecified atom stereocenters. The van der Waals surface area contributed by atoms with Gasteiger partial charge >= 0.3 is 0 Å². The van der Waals surface area contributed by atoms with Crippen molar-refractivity contribution in [3.8, 4) is 17.2 Å². The van der Waals surface area contributed by atoms with Crippen LogP contribution in [0.5, 0.6) is 5.75 Å². The minimum Gasteiger partial charge on any atom is -0.497 e. The molecular weight excluding hydrogens is 378 g/mol. The Morgan fingerprint density at radius 3 is 2.75 bits per heavy atom. The lowest BCUT2D eigenvalue weighted by atomic mass is 9.92. The van der Waals surface area contributed by atoms with Gasteiger partial charge < -0.3 is 14.3 Å². The first-order valence-electron chi connectivity index (χ1n) is 8.76. The molecule has 0 aliphatic rings. The molecule has 3 rings (SSSR count). The topological polar surface area (TPSA) is 72.7 Å². The summed E-state index contributed by atoms with van der Waals surface area (Å²) in [7, 11) is 1.59. The van der Waals surface area contributed by atoms with Crippen molar-refractivity contribution in [3.05, 3.63) is 69.9 Å². The Balaban J connectivity index is 1.91. The third-order valence-electron chi connectivity index (χ3n) is 4.70. The molecule has 144 valence electrons. The number of ether oxygens (including phenoxy) is 1. The van der Waals surface area contributed by atoms with Crippen molar-refractivity contribution in [2.75, 3.05) is 7.11 Å². The van der Waals surface area contributed by atoms with Gasteiger partial charge in [0.15, 0.2) is 0 Å². The Morgan fingerprint density at radius 2 is 2.07 bits per heavy atom. The van der Waals surface area contributed by atoms with Crippen molar-refractivity contribution in [1.29, 1.82) is 0 Å². The molecule has 0 fully saturated rings. The third-order valence-corrected chi connectivity index (χ3v) is 5.17. The summed E-state index contributed by atoms with van der Waals surface area (Å²) in [5.41, 5.74) is 2.88. The molecule has 3 aromatic rings. The fourth-order valence-corrected chi connectivity index (χ4v) is 3.20. The standard InChI is InChI=1S/C21H20ClN3O3/c1-12-14(8-9-18(23-3)19(12)22)11-17(13(2)26)21-25-24-20(28-21)15-6-5-7-16(10-15)27-4/h5-10,13,17,26H,11H2,1-2,4H3/t13-,17+/m0/s1. The van der Waals surface area contributed by atoms with Crippen LogP contribution in [-0.4, -0.2) is 28.5 Å². The molecule has 6 nitrogen and oxygen atoms in total. The van der Waals surface area contributed by atoms with Crippen molar-refractivity contribution in [2.45, 2.75) is 32.3 Å². The molecule has 7 heteroatoms. The van der Waals surface area contributed by atoms with E-state index in [-0.39, 0.29) is 0 Å². The smallest absolute Gasteiger partial charge is 0.247 e. The van der Waals surface area contributed by atoms with Crippen molar-refractivity contribution >= 4 is 17.3 Å². The predicted octanol–water partition coefficient (Wildman–Crippen LogP) is 4.96. The molecule has 0 amide bonds. The molecule has 0 spiro atoms. The Kier molecular flexibility index (Phi) is 5.98. The molecule has 0 bridgehead atoms. The van der Waals surface area contributed by atoms with Gasteiger partial charge in [-0.2, -0.15) is 0 Å². The number of aliphatic hydroxyl groups is 1. The van der Waals surface area contributed by atoms with E-state index in [0.717, 1.165) is 16.7 Å². The monoisotopic (exact) mass is 397 g/mol. The molecule has 0 aliphatic carbocycles. The van der Waals surface area contributed by atoms with Gasteiger partial charge in [-0.3, -0.25) is 0 Å². The van der Waals surface area contributed by atoms with Crippen LogP contribution >= 0.6 is 11.6 Å². The number of aromatic nitrogens is 2. The summed E-state index contributed by atoms with van der Waals surface area (Å²) in [6.45, 7) is 10.7. The van der Waals surface area contributed by atoms with Gasteiger partial charge in [-0.15, -0.1) is 10.2 Å². The highest BCUT2D eigenvalue weighted by molar-refractivity contribution is 6.34. The molecule has 1 aromatic heterocycles. The number of hydrogen-bond donors (Lipinski definition) is 1. The maximum atomic E-state index is 10.3. The summed E-state index contributed by atoms with van der Waals surface area (Å²) < 4.78 is 11.1. The lowest BCUT2D eigenvalue weighted by molar-refractivity contribution is 0.148. The fraction of sp³-hybridized carbons (Fsp3) is 0.286. The van der Waals surface area contributed by atoms with Gasteiger partial charge in [0.1, 0.15) is 5.75 Å². The van der Waals surface area contributed by atoms with E-state index in [0.29, 0.717) is 34.7 Å². The van der Waals surface area contributed by atoms with Gasteiger partial charge in [0.05, 0.1) is 30.7 Å². The van der Waals surface area contributed by atoms with E-state index >= 15 is 0 Å². The molecule has 2 atom stereocenters. The SMILES string of the molecule is [C-]#[N+]c1ccc(C[C@@H](c2nnc(-c3cccc(OC)c3)o2)[C@H](C)O)c(C)c1Cl. The van der Waals surface area contributed by atoms with Crippen LogP contribution in [0.3, 0.4) is 0 Å². The van der Waals surface area contributed by atoms with Crippen molar-refractivity contribution in [1.82, 2.24) is 10.2 Å². The first-order chi connectivity index (χ1) is 13.4. The second kappa shape index (κ2) is 8.42. The van der Waals surface area contributed by atoms with Crippen molar-refractivity contribution < 1.29 is 14.3 Å². The average molecular weight is 398 g/mol. The van der Waals surface area contributed by atoms with E-state index in [2.05, 4.69) is 15.0 Å². The highest BCUT2D eigenvalue weighted by Gasteiger charge is 2.26. The van der Waals surface area contributed by atoms with Gasteiger partial charge in [0, 0.05) is 5.56 Å². The first-order valence-corrected chi connectivity index (χ1v) is 9.13. The maximum absolute atomic E-state index is 10.3. The average Bonchev–Trinajstić information content (AvgIpc) is 3.18. The number of methoxy groups -OCH3 is 1. The van der Waals surface area contributed by atoms with Gasteiger partial charge in [-0.25, -0.2) is 4.85 Å². The Morgan fingerprint density at radius 1 is 1.29 bits per heavy atom. The van der Waals surface area contributed by atoms with E-state index in [4.69, 9.17) is 27.3 Å². The van der Waals surface area contributed by atoms with Crippen LogP contribution in [0.15, 0.2) is 40.8 Å². The van der Waals surface area contributed by atoms with E-state index in [1.54, 1.807) is 20.1 Å². The van der Waals surface area contributed by atoms with E-state index in [1.807, 2.05) is 37.3 Å². The van der Waals surface area contributed by atoms with Crippen molar-refractivity contribution in [3.63, 3.8) is 0 Å². The largest absolute Gasteiger partial charge is 0.497 e. The van der Waals surface area contributed by atoms with Crippen LogP contribution in [0.25, 0.3) is 16.3 Å². The predicted molar refractivity (Wildman–Crippen MR) is 107 cm³/mol. The van der Waals surface area contributed by atoms with Gasteiger partial charge in [0.25, 0.3) is 0 Å². The molecular formula is C21H20ClN3O3. The fourth-order valence-electron chi connectivity index (χ4n) is 2.98. The van der Waals surface area contributed by atoms with Crippen LogP contribution in [0, 0.1) is 13.5 Å². The molecule has 1 N–H and O–H groups in total. The first kappa shape index (κ1) is 19.9. The van der Waals surface area contributed by atoms with Gasteiger partial charge in [-0.1, -0.05) is 29.8 Å².